The lowest BCUT2D eigenvalue weighted by molar-refractivity contribution is -0.118. The van der Waals surface area contributed by atoms with Gasteiger partial charge in [-0.25, -0.2) is 0 Å². The maximum absolute atomic E-state index is 13.0. The van der Waals surface area contributed by atoms with Crippen molar-refractivity contribution in [2.24, 2.45) is 5.92 Å². The summed E-state index contributed by atoms with van der Waals surface area (Å²) in [4.78, 5) is 27.7. The zero-order valence-corrected chi connectivity index (χ0v) is 18.3. The number of carbonyl (C=O) groups is 2. The zero-order chi connectivity index (χ0) is 21.3. The molecule has 0 atom stereocenters. The molecule has 0 spiro atoms. The molecule has 2 aromatic carbocycles. The van der Waals surface area contributed by atoms with Crippen molar-refractivity contribution in [2.45, 2.75) is 43.5 Å². The Hall–Kier alpha value is -2.47. The van der Waals surface area contributed by atoms with Gasteiger partial charge in [0.25, 0.3) is 5.91 Å². The Morgan fingerprint density at radius 1 is 1.07 bits per heavy atom. The summed E-state index contributed by atoms with van der Waals surface area (Å²) in [6.07, 6.45) is 6.26. The van der Waals surface area contributed by atoms with Gasteiger partial charge in [-0.3, -0.25) is 9.59 Å². The van der Waals surface area contributed by atoms with E-state index in [1.54, 1.807) is 42.3 Å². The molecule has 1 aliphatic carbocycles. The summed E-state index contributed by atoms with van der Waals surface area (Å²) in [5.41, 5.74) is 1.54. The number of hydrogen-bond acceptors (Lipinski definition) is 4. The smallest absolute Gasteiger partial charge is 0.255 e. The van der Waals surface area contributed by atoms with Crippen LogP contribution < -0.4 is 5.32 Å². The Morgan fingerprint density at radius 3 is 2.50 bits per heavy atom. The molecule has 30 heavy (non-hydrogen) atoms. The Bertz CT molecular complexity index is 848. The number of carbonyl (C=O) groups excluding carboxylic acids is 2. The predicted octanol–water partition coefficient (Wildman–Crippen LogP) is 4.45. The molecule has 0 heterocycles. The number of thioether (sulfide) groups is 1. The summed E-state index contributed by atoms with van der Waals surface area (Å²) in [5.74, 6) is 1.05. The number of rotatable bonds is 8. The molecule has 0 unspecified atom stereocenters. The number of benzene rings is 2. The van der Waals surface area contributed by atoms with Gasteiger partial charge in [0.05, 0.1) is 11.3 Å². The maximum atomic E-state index is 13.0. The van der Waals surface area contributed by atoms with Gasteiger partial charge in [0, 0.05) is 25.0 Å². The quantitative estimate of drug-likeness (QED) is 0.612. The van der Waals surface area contributed by atoms with Crippen LogP contribution in [0.25, 0.3) is 0 Å². The van der Waals surface area contributed by atoms with Crippen LogP contribution in [0.4, 0.5) is 0 Å². The lowest BCUT2D eigenvalue weighted by Gasteiger charge is -2.21. The third-order valence-corrected chi connectivity index (χ3v) is 6.57. The fraction of sp³-hybridized carbons (Fsp3) is 0.417. The number of phenols is 1. The van der Waals surface area contributed by atoms with Crippen LogP contribution in [0.3, 0.4) is 0 Å². The van der Waals surface area contributed by atoms with Crippen molar-refractivity contribution in [3.8, 4) is 5.75 Å². The van der Waals surface area contributed by atoms with Crippen LogP contribution in [0, 0.1) is 5.92 Å². The molecule has 2 aromatic rings. The van der Waals surface area contributed by atoms with Gasteiger partial charge in [-0.15, -0.1) is 11.8 Å². The highest BCUT2D eigenvalue weighted by Gasteiger charge is 2.18. The first kappa shape index (κ1) is 22.2. The molecule has 0 radical (unpaired) electrons. The van der Waals surface area contributed by atoms with E-state index in [9.17, 15) is 14.7 Å². The number of phenolic OH excluding ortho intramolecular Hbond substituents is 1. The van der Waals surface area contributed by atoms with Crippen molar-refractivity contribution < 1.29 is 14.7 Å². The van der Waals surface area contributed by atoms with Gasteiger partial charge < -0.3 is 15.3 Å². The molecule has 0 aliphatic heterocycles. The van der Waals surface area contributed by atoms with Crippen molar-refractivity contribution >= 4 is 23.6 Å². The zero-order valence-electron chi connectivity index (χ0n) is 17.5. The Kier molecular flexibility index (Phi) is 8.20. The minimum Gasteiger partial charge on any atom is -0.508 e. The van der Waals surface area contributed by atoms with Gasteiger partial charge in [0.2, 0.25) is 5.91 Å². The lowest BCUT2D eigenvalue weighted by atomic mass is 9.89. The van der Waals surface area contributed by atoms with Crippen molar-refractivity contribution in [1.82, 2.24) is 10.2 Å². The summed E-state index contributed by atoms with van der Waals surface area (Å²) < 4.78 is 0. The number of hydrogen-bond donors (Lipinski definition) is 2. The van der Waals surface area contributed by atoms with Gasteiger partial charge >= 0.3 is 0 Å². The van der Waals surface area contributed by atoms with E-state index in [0.717, 1.165) is 17.0 Å². The Morgan fingerprint density at radius 2 is 1.77 bits per heavy atom. The van der Waals surface area contributed by atoms with Crippen LogP contribution in [0.2, 0.25) is 0 Å². The predicted molar refractivity (Wildman–Crippen MR) is 121 cm³/mol. The van der Waals surface area contributed by atoms with Crippen LogP contribution in [0.15, 0.2) is 53.4 Å². The van der Waals surface area contributed by atoms with E-state index in [2.05, 4.69) is 5.32 Å². The van der Waals surface area contributed by atoms with E-state index in [1.807, 2.05) is 18.2 Å². The van der Waals surface area contributed by atoms with Crippen molar-refractivity contribution in [2.75, 3.05) is 19.3 Å². The molecular formula is C24H30N2O3S. The van der Waals surface area contributed by atoms with E-state index in [4.69, 9.17) is 0 Å². The van der Waals surface area contributed by atoms with E-state index in [0.29, 0.717) is 23.8 Å². The Balaban J connectivity index is 1.54. The van der Waals surface area contributed by atoms with Crippen LogP contribution in [0.5, 0.6) is 5.75 Å². The first-order valence-electron chi connectivity index (χ1n) is 10.5. The summed E-state index contributed by atoms with van der Waals surface area (Å²) >= 11 is 1.40. The second-order valence-electron chi connectivity index (χ2n) is 7.92. The normalized spacial score (nSPS) is 14.3. The molecule has 0 saturated heterocycles. The van der Waals surface area contributed by atoms with Crippen LogP contribution in [-0.2, 0) is 11.3 Å². The molecule has 160 valence electrons. The summed E-state index contributed by atoms with van der Waals surface area (Å²) in [5, 5.41) is 12.5. The fourth-order valence-corrected chi connectivity index (χ4v) is 4.64. The van der Waals surface area contributed by atoms with E-state index in [1.165, 1.54) is 43.9 Å². The monoisotopic (exact) mass is 426 g/mol. The summed E-state index contributed by atoms with van der Waals surface area (Å²) in [6.45, 7) is 1.20. The van der Waals surface area contributed by atoms with E-state index >= 15 is 0 Å². The molecular weight excluding hydrogens is 396 g/mol. The van der Waals surface area contributed by atoms with Crippen LogP contribution in [0.1, 0.15) is 48.0 Å². The third kappa shape index (κ3) is 6.52. The molecule has 5 nitrogen and oxygen atoms in total. The minimum absolute atomic E-state index is 0.0188. The van der Waals surface area contributed by atoms with Gasteiger partial charge in [0.1, 0.15) is 5.75 Å². The molecule has 0 aromatic heterocycles. The molecule has 3 rings (SSSR count). The van der Waals surface area contributed by atoms with E-state index in [-0.39, 0.29) is 17.6 Å². The average molecular weight is 427 g/mol. The minimum atomic E-state index is -0.0891. The number of nitrogens with zero attached hydrogens (tertiary/aromatic N) is 1. The van der Waals surface area contributed by atoms with Crippen molar-refractivity contribution in [1.29, 1.82) is 0 Å². The highest BCUT2D eigenvalue weighted by molar-refractivity contribution is 8.00. The molecule has 1 fully saturated rings. The van der Waals surface area contributed by atoms with Gasteiger partial charge in [-0.05, 0) is 48.6 Å². The number of nitrogens with one attached hydrogen (secondary N) is 1. The standard InChI is InChI=1S/C24H30N2O3S/c1-26(16-19-11-13-20(27)14-12-19)24(29)21-9-5-6-10-22(21)30-17-23(28)25-15-18-7-3-2-4-8-18/h5-6,9-14,18,27H,2-4,7-8,15-17H2,1H3,(H,25,28). The third-order valence-electron chi connectivity index (χ3n) is 5.49. The second kappa shape index (κ2) is 11.1. The van der Waals surface area contributed by atoms with Crippen molar-refractivity contribution in [3.05, 3.63) is 59.7 Å². The molecule has 1 aliphatic rings. The molecule has 1 saturated carbocycles. The highest BCUT2D eigenvalue weighted by atomic mass is 32.2. The lowest BCUT2D eigenvalue weighted by Crippen LogP contribution is -2.31. The summed E-state index contributed by atoms with van der Waals surface area (Å²) in [6, 6.07) is 14.3. The average Bonchev–Trinajstić information content (AvgIpc) is 2.78. The number of aromatic hydroxyl groups is 1. The number of amides is 2. The first-order chi connectivity index (χ1) is 14.5. The topological polar surface area (TPSA) is 69.6 Å². The van der Waals surface area contributed by atoms with Crippen LogP contribution >= 0.6 is 11.8 Å². The van der Waals surface area contributed by atoms with Gasteiger partial charge in [0.15, 0.2) is 0 Å². The largest absolute Gasteiger partial charge is 0.508 e. The molecule has 6 heteroatoms. The van der Waals surface area contributed by atoms with E-state index < -0.39 is 0 Å². The maximum Gasteiger partial charge on any atom is 0.255 e. The molecule has 0 bridgehead atoms. The van der Waals surface area contributed by atoms with Gasteiger partial charge in [-0.2, -0.15) is 0 Å². The first-order valence-corrected chi connectivity index (χ1v) is 11.5. The summed E-state index contributed by atoms with van der Waals surface area (Å²) in [7, 11) is 1.76. The molecule has 2 N–H and O–H groups in total. The Labute approximate surface area is 182 Å². The SMILES string of the molecule is CN(Cc1ccc(O)cc1)C(=O)c1ccccc1SCC(=O)NCC1CCCCC1. The molecule has 2 amide bonds. The fourth-order valence-electron chi connectivity index (χ4n) is 3.77. The van der Waals surface area contributed by atoms with Crippen molar-refractivity contribution in [3.63, 3.8) is 0 Å². The van der Waals surface area contributed by atoms with Crippen LogP contribution in [-0.4, -0.2) is 41.2 Å². The highest BCUT2D eigenvalue weighted by Crippen LogP contribution is 2.25. The van der Waals surface area contributed by atoms with Gasteiger partial charge in [-0.1, -0.05) is 43.5 Å². The second-order valence-corrected chi connectivity index (χ2v) is 8.94.